The summed E-state index contributed by atoms with van der Waals surface area (Å²) < 4.78 is 21.2. The summed E-state index contributed by atoms with van der Waals surface area (Å²) >= 11 is 0. The number of anilines is 1. The van der Waals surface area contributed by atoms with Crippen LogP contribution < -0.4 is 14.8 Å². The highest BCUT2D eigenvalue weighted by atomic mass is 16.5. The number of carbonyl (C=O) groups excluding carboxylic acids is 1. The number of rotatable bonds is 5. The smallest absolute Gasteiger partial charge is 0.278 e. The molecule has 0 atom stereocenters. The van der Waals surface area contributed by atoms with Gasteiger partial charge in [0.05, 0.1) is 14.2 Å². The Labute approximate surface area is 138 Å². The van der Waals surface area contributed by atoms with E-state index >= 15 is 0 Å². The average molecular weight is 328 g/mol. The largest absolute Gasteiger partial charge is 0.493 e. The van der Waals surface area contributed by atoms with E-state index in [-0.39, 0.29) is 11.5 Å². The first-order valence-corrected chi connectivity index (χ1v) is 7.16. The van der Waals surface area contributed by atoms with Crippen LogP contribution in [0.15, 0.2) is 45.6 Å². The third-order valence-electron chi connectivity index (χ3n) is 3.39. The molecule has 1 aromatic carbocycles. The molecule has 3 aromatic rings. The van der Waals surface area contributed by atoms with Crippen molar-refractivity contribution in [3.05, 3.63) is 48.2 Å². The Morgan fingerprint density at radius 1 is 1.12 bits per heavy atom. The van der Waals surface area contributed by atoms with Crippen LogP contribution in [0, 0.1) is 6.92 Å². The lowest BCUT2D eigenvalue weighted by molar-refractivity contribution is 0.102. The summed E-state index contributed by atoms with van der Waals surface area (Å²) in [6.45, 7) is 1.81. The number of ether oxygens (including phenoxy) is 2. The van der Waals surface area contributed by atoms with Gasteiger partial charge in [0.15, 0.2) is 29.3 Å². The van der Waals surface area contributed by atoms with Gasteiger partial charge in [-0.3, -0.25) is 4.79 Å². The molecule has 2 aromatic heterocycles. The summed E-state index contributed by atoms with van der Waals surface area (Å²) in [5.41, 5.74) is 0.682. The van der Waals surface area contributed by atoms with Crippen molar-refractivity contribution in [1.29, 1.82) is 0 Å². The zero-order valence-electron chi connectivity index (χ0n) is 13.5. The van der Waals surface area contributed by atoms with Gasteiger partial charge in [0.25, 0.3) is 5.91 Å². The molecule has 0 aliphatic carbocycles. The van der Waals surface area contributed by atoms with Gasteiger partial charge in [-0.05, 0) is 31.2 Å². The second kappa shape index (κ2) is 6.49. The Bertz CT molecular complexity index is 866. The molecule has 24 heavy (non-hydrogen) atoms. The quantitative estimate of drug-likeness (QED) is 0.771. The molecular formula is C17H16N2O5. The van der Waals surface area contributed by atoms with Crippen molar-refractivity contribution in [2.45, 2.75) is 6.92 Å². The van der Waals surface area contributed by atoms with Gasteiger partial charge in [-0.1, -0.05) is 0 Å². The van der Waals surface area contributed by atoms with E-state index in [2.05, 4.69) is 10.3 Å². The Kier molecular flexibility index (Phi) is 4.24. The number of oxazole rings is 1. The highest BCUT2D eigenvalue weighted by molar-refractivity contribution is 6.06. The normalized spacial score (nSPS) is 10.5. The van der Waals surface area contributed by atoms with Crippen molar-refractivity contribution in [1.82, 2.24) is 4.98 Å². The number of carbonyl (C=O) groups is 1. The molecule has 2 heterocycles. The number of hydrogen-bond acceptors (Lipinski definition) is 6. The van der Waals surface area contributed by atoms with Gasteiger partial charge in [0, 0.05) is 11.8 Å². The zero-order chi connectivity index (χ0) is 17.1. The van der Waals surface area contributed by atoms with Gasteiger partial charge in [-0.25, -0.2) is 4.98 Å². The van der Waals surface area contributed by atoms with Crippen molar-refractivity contribution >= 4 is 11.6 Å². The molecule has 0 radical (unpaired) electrons. The molecule has 0 fully saturated rings. The number of furan rings is 1. The fourth-order valence-electron chi connectivity index (χ4n) is 2.24. The third-order valence-corrected chi connectivity index (χ3v) is 3.39. The van der Waals surface area contributed by atoms with Crippen LogP contribution in [0.1, 0.15) is 16.2 Å². The molecule has 0 aliphatic heterocycles. The molecule has 1 amide bonds. The van der Waals surface area contributed by atoms with Crippen LogP contribution in [0.2, 0.25) is 0 Å². The molecule has 1 N–H and O–H groups in total. The number of nitrogens with one attached hydrogen (secondary N) is 1. The summed E-state index contributed by atoms with van der Waals surface area (Å²) in [6.07, 6.45) is 1.21. The Morgan fingerprint density at radius 2 is 1.92 bits per heavy atom. The number of aryl methyl sites for hydroxylation is 1. The maximum absolute atomic E-state index is 12.5. The second-order valence-electron chi connectivity index (χ2n) is 4.96. The van der Waals surface area contributed by atoms with Crippen molar-refractivity contribution in [3.63, 3.8) is 0 Å². The average Bonchev–Trinajstić information content (AvgIpc) is 3.23. The minimum atomic E-state index is -0.417. The van der Waals surface area contributed by atoms with Gasteiger partial charge in [-0.2, -0.15) is 0 Å². The van der Waals surface area contributed by atoms with Gasteiger partial charge in [0.2, 0.25) is 5.76 Å². The molecule has 0 saturated carbocycles. The molecule has 7 heteroatoms. The molecule has 124 valence electrons. The Morgan fingerprint density at radius 3 is 2.58 bits per heavy atom. The molecular weight excluding hydrogens is 312 g/mol. The molecule has 0 aliphatic rings. The lowest BCUT2D eigenvalue weighted by Crippen LogP contribution is -2.13. The van der Waals surface area contributed by atoms with Crippen LogP contribution in [-0.4, -0.2) is 25.1 Å². The van der Waals surface area contributed by atoms with E-state index in [1.807, 2.05) is 6.92 Å². The first-order valence-electron chi connectivity index (χ1n) is 7.16. The van der Waals surface area contributed by atoms with Crippen molar-refractivity contribution in [2.24, 2.45) is 0 Å². The highest BCUT2D eigenvalue weighted by Crippen LogP contribution is 2.30. The lowest BCUT2D eigenvalue weighted by atomic mass is 10.2. The standard InChI is InChI=1S/C17H16N2O5/c1-10-4-6-13(24-10)16-15(18-9-23-16)17(20)19-11-5-7-12(21-2)14(8-11)22-3/h4-9H,1-3H3,(H,19,20). The first-order chi connectivity index (χ1) is 11.6. The fourth-order valence-corrected chi connectivity index (χ4v) is 2.24. The maximum atomic E-state index is 12.5. The fraction of sp³-hybridized carbons (Fsp3) is 0.176. The van der Waals surface area contributed by atoms with Crippen molar-refractivity contribution in [2.75, 3.05) is 19.5 Å². The van der Waals surface area contributed by atoms with Crippen LogP contribution in [0.25, 0.3) is 11.5 Å². The third kappa shape index (κ3) is 2.96. The molecule has 0 spiro atoms. The number of hydrogen-bond donors (Lipinski definition) is 1. The zero-order valence-corrected chi connectivity index (χ0v) is 13.5. The molecule has 0 saturated heterocycles. The monoisotopic (exact) mass is 328 g/mol. The molecule has 3 rings (SSSR count). The molecule has 0 unspecified atom stereocenters. The van der Waals surface area contributed by atoms with Crippen LogP contribution in [0.3, 0.4) is 0 Å². The summed E-state index contributed by atoms with van der Waals surface area (Å²) in [6, 6.07) is 8.58. The molecule has 0 bridgehead atoms. The summed E-state index contributed by atoms with van der Waals surface area (Å²) in [4.78, 5) is 16.5. The number of methoxy groups -OCH3 is 2. The van der Waals surface area contributed by atoms with Gasteiger partial charge in [0.1, 0.15) is 5.76 Å². The van der Waals surface area contributed by atoms with E-state index in [0.717, 1.165) is 0 Å². The Balaban J connectivity index is 1.85. The van der Waals surface area contributed by atoms with E-state index in [1.165, 1.54) is 13.5 Å². The minimum Gasteiger partial charge on any atom is -0.493 e. The van der Waals surface area contributed by atoms with Gasteiger partial charge < -0.3 is 23.6 Å². The predicted octanol–water partition coefficient (Wildman–Crippen LogP) is 3.51. The highest BCUT2D eigenvalue weighted by Gasteiger charge is 2.21. The topological polar surface area (TPSA) is 86.7 Å². The minimum absolute atomic E-state index is 0.138. The van der Waals surface area contributed by atoms with Crippen LogP contribution in [0.5, 0.6) is 11.5 Å². The van der Waals surface area contributed by atoms with E-state index in [9.17, 15) is 4.79 Å². The van der Waals surface area contributed by atoms with E-state index < -0.39 is 5.91 Å². The summed E-state index contributed by atoms with van der Waals surface area (Å²) in [5.74, 6) is 2.11. The summed E-state index contributed by atoms with van der Waals surface area (Å²) in [5, 5.41) is 2.75. The van der Waals surface area contributed by atoms with E-state index in [4.69, 9.17) is 18.3 Å². The lowest BCUT2D eigenvalue weighted by Gasteiger charge is -2.10. The van der Waals surface area contributed by atoms with Crippen LogP contribution in [-0.2, 0) is 0 Å². The predicted molar refractivity (Wildman–Crippen MR) is 86.4 cm³/mol. The van der Waals surface area contributed by atoms with Crippen LogP contribution in [0.4, 0.5) is 5.69 Å². The number of aromatic nitrogens is 1. The maximum Gasteiger partial charge on any atom is 0.278 e. The first kappa shape index (κ1) is 15.7. The van der Waals surface area contributed by atoms with Gasteiger partial charge >= 0.3 is 0 Å². The van der Waals surface area contributed by atoms with E-state index in [0.29, 0.717) is 28.7 Å². The molecule has 7 nitrogen and oxygen atoms in total. The number of amides is 1. The summed E-state index contributed by atoms with van der Waals surface area (Å²) in [7, 11) is 3.07. The number of nitrogens with zero attached hydrogens (tertiary/aromatic N) is 1. The Hall–Kier alpha value is -3.22. The number of benzene rings is 1. The SMILES string of the molecule is COc1ccc(NC(=O)c2ncoc2-c2ccc(C)o2)cc1OC. The van der Waals surface area contributed by atoms with Crippen molar-refractivity contribution in [3.8, 4) is 23.0 Å². The van der Waals surface area contributed by atoms with Crippen molar-refractivity contribution < 1.29 is 23.1 Å². The second-order valence-corrected chi connectivity index (χ2v) is 4.96. The van der Waals surface area contributed by atoms with E-state index in [1.54, 1.807) is 37.4 Å². The van der Waals surface area contributed by atoms with Gasteiger partial charge in [-0.15, -0.1) is 0 Å². The van der Waals surface area contributed by atoms with Crippen LogP contribution >= 0.6 is 0 Å².